The van der Waals surface area contributed by atoms with E-state index in [4.69, 9.17) is 5.11 Å². The van der Waals surface area contributed by atoms with Gasteiger partial charge in [0.25, 0.3) is 0 Å². The van der Waals surface area contributed by atoms with Crippen LogP contribution in [0.4, 0.5) is 0 Å². The fourth-order valence-electron chi connectivity index (χ4n) is 1.25. The van der Waals surface area contributed by atoms with Gasteiger partial charge in [-0.25, -0.2) is 0 Å². The molecule has 0 heterocycles. The maximum atomic E-state index is 11.2. The average Bonchev–Trinajstić information content (AvgIpc) is 2.13. The Hall–Kier alpha value is -0.570. The highest BCUT2D eigenvalue weighted by Gasteiger charge is 2.00. The van der Waals surface area contributed by atoms with E-state index in [1.165, 1.54) is 0 Å². The van der Waals surface area contributed by atoms with Gasteiger partial charge in [-0.1, -0.05) is 19.8 Å². The van der Waals surface area contributed by atoms with E-state index in [9.17, 15) is 4.79 Å². The molecule has 2 N–H and O–H groups in total. The predicted octanol–water partition coefficient (Wildman–Crippen LogP) is 1.84. The van der Waals surface area contributed by atoms with Crippen molar-refractivity contribution in [2.75, 3.05) is 6.54 Å². The summed E-state index contributed by atoms with van der Waals surface area (Å²) in [6, 6.07) is 0. The van der Waals surface area contributed by atoms with Crippen molar-refractivity contribution in [2.24, 2.45) is 0 Å². The van der Waals surface area contributed by atoms with Crippen LogP contribution in [-0.2, 0) is 4.79 Å². The Morgan fingerprint density at radius 1 is 1.36 bits per heavy atom. The van der Waals surface area contributed by atoms with Crippen molar-refractivity contribution >= 4 is 5.91 Å². The van der Waals surface area contributed by atoms with Gasteiger partial charge >= 0.3 is 0 Å². The van der Waals surface area contributed by atoms with Crippen molar-refractivity contribution in [1.29, 1.82) is 0 Å². The van der Waals surface area contributed by atoms with E-state index in [-0.39, 0.29) is 12.0 Å². The van der Waals surface area contributed by atoms with Crippen LogP contribution in [-0.4, -0.2) is 23.7 Å². The second kappa shape index (κ2) is 9.00. The second-order valence-corrected chi connectivity index (χ2v) is 3.80. The molecular weight excluding hydrogens is 178 g/mol. The van der Waals surface area contributed by atoms with Gasteiger partial charge in [-0.3, -0.25) is 4.79 Å². The molecular formula is C11H23NO2. The lowest BCUT2D eigenvalue weighted by Crippen LogP contribution is -2.24. The largest absolute Gasteiger partial charge is 0.393 e. The van der Waals surface area contributed by atoms with Crippen LogP contribution < -0.4 is 5.32 Å². The molecule has 0 aromatic rings. The van der Waals surface area contributed by atoms with E-state index in [1.54, 1.807) is 6.92 Å². The number of amides is 1. The molecule has 1 amide bonds. The molecule has 0 aliphatic rings. The predicted molar refractivity (Wildman–Crippen MR) is 58.1 cm³/mol. The summed E-state index contributed by atoms with van der Waals surface area (Å²) in [5.41, 5.74) is 0. The molecule has 3 nitrogen and oxygen atoms in total. The van der Waals surface area contributed by atoms with Gasteiger partial charge in [0.15, 0.2) is 0 Å². The van der Waals surface area contributed by atoms with Gasteiger partial charge in [0, 0.05) is 13.0 Å². The van der Waals surface area contributed by atoms with Crippen molar-refractivity contribution in [3.8, 4) is 0 Å². The number of hydrogen-bond donors (Lipinski definition) is 2. The van der Waals surface area contributed by atoms with Crippen molar-refractivity contribution in [2.45, 2.75) is 58.5 Å². The highest BCUT2D eigenvalue weighted by atomic mass is 16.3. The number of rotatable bonds is 8. The number of aliphatic hydroxyl groups is 1. The summed E-state index contributed by atoms with van der Waals surface area (Å²) < 4.78 is 0. The Balaban J connectivity index is 3.18. The zero-order chi connectivity index (χ0) is 10.8. The van der Waals surface area contributed by atoms with Crippen LogP contribution in [0.5, 0.6) is 0 Å². The minimum atomic E-state index is -0.257. The Morgan fingerprint density at radius 3 is 2.64 bits per heavy atom. The third-order valence-corrected chi connectivity index (χ3v) is 2.13. The molecule has 0 fully saturated rings. The fourth-order valence-corrected chi connectivity index (χ4v) is 1.25. The first-order valence-corrected chi connectivity index (χ1v) is 5.61. The molecule has 84 valence electrons. The Bertz CT molecular complexity index is 146. The molecule has 0 spiro atoms. The van der Waals surface area contributed by atoms with E-state index in [1.807, 2.05) is 0 Å². The number of nitrogens with one attached hydrogen (secondary N) is 1. The standard InChI is InChI=1S/C11H23NO2/c1-3-4-5-8-11(14)12-9-6-7-10(2)13/h10,13H,3-9H2,1-2H3,(H,12,14). The first-order chi connectivity index (χ1) is 6.66. The Labute approximate surface area is 86.9 Å². The zero-order valence-corrected chi connectivity index (χ0v) is 9.38. The van der Waals surface area contributed by atoms with Gasteiger partial charge in [-0.15, -0.1) is 0 Å². The fraction of sp³-hybridized carbons (Fsp3) is 0.909. The maximum absolute atomic E-state index is 11.2. The number of carbonyl (C=O) groups is 1. The summed E-state index contributed by atoms with van der Waals surface area (Å²) in [6.07, 6.45) is 5.26. The molecule has 14 heavy (non-hydrogen) atoms. The van der Waals surface area contributed by atoms with Crippen LogP contribution in [0.25, 0.3) is 0 Å². The van der Waals surface area contributed by atoms with Crippen LogP contribution >= 0.6 is 0 Å². The third kappa shape index (κ3) is 9.52. The smallest absolute Gasteiger partial charge is 0.219 e. The monoisotopic (exact) mass is 201 g/mol. The van der Waals surface area contributed by atoms with Gasteiger partial charge in [-0.05, 0) is 26.2 Å². The van der Waals surface area contributed by atoms with Crippen LogP contribution in [0.1, 0.15) is 52.4 Å². The average molecular weight is 201 g/mol. The molecule has 3 heteroatoms. The highest BCUT2D eigenvalue weighted by molar-refractivity contribution is 5.75. The number of unbranched alkanes of at least 4 members (excludes halogenated alkanes) is 2. The minimum Gasteiger partial charge on any atom is -0.393 e. The zero-order valence-electron chi connectivity index (χ0n) is 9.38. The Kier molecular flexibility index (Phi) is 8.64. The van der Waals surface area contributed by atoms with Gasteiger partial charge in [-0.2, -0.15) is 0 Å². The molecule has 1 unspecified atom stereocenters. The Morgan fingerprint density at radius 2 is 2.07 bits per heavy atom. The normalized spacial score (nSPS) is 12.5. The number of carbonyl (C=O) groups excluding carboxylic acids is 1. The molecule has 0 radical (unpaired) electrons. The second-order valence-electron chi connectivity index (χ2n) is 3.80. The van der Waals surface area contributed by atoms with Crippen LogP contribution in [0.2, 0.25) is 0 Å². The minimum absolute atomic E-state index is 0.143. The van der Waals surface area contributed by atoms with E-state index < -0.39 is 0 Å². The van der Waals surface area contributed by atoms with Crippen LogP contribution in [0, 0.1) is 0 Å². The summed E-state index contributed by atoms with van der Waals surface area (Å²) in [5.74, 6) is 0.143. The molecule has 0 aliphatic heterocycles. The molecule has 0 aromatic heterocycles. The van der Waals surface area contributed by atoms with E-state index >= 15 is 0 Å². The van der Waals surface area contributed by atoms with Crippen LogP contribution in [0.3, 0.4) is 0 Å². The topological polar surface area (TPSA) is 49.3 Å². The molecule has 0 rings (SSSR count). The summed E-state index contributed by atoms with van der Waals surface area (Å²) in [5, 5.41) is 11.8. The van der Waals surface area contributed by atoms with E-state index in [2.05, 4.69) is 12.2 Å². The van der Waals surface area contributed by atoms with Gasteiger partial charge in [0.05, 0.1) is 6.10 Å². The van der Waals surface area contributed by atoms with Gasteiger partial charge in [0.2, 0.25) is 5.91 Å². The molecule has 0 saturated carbocycles. The van der Waals surface area contributed by atoms with Gasteiger partial charge < -0.3 is 10.4 Å². The van der Waals surface area contributed by atoms with Crippen molar-refractivity contribution < 1.29 is 9.90 Å². The quantitative estimate of drug-likeness (QED) is 0.589. The summed E-state index contributed by atoms with van der Waals surface area (Å²) in [7, 11) is 0. The SMILES string of the molecule is CCCCCC(=O)NCCCC(C)O. The van der Waals surface area contributed by atoms with Crippen molar-refractivity contribution in [1.82, 2.24) is 5.32 Å². The summed E-state index contributed by atoms with van der Waals surface area (Å²) in [6.45, 7) is 4.58. The lowest BCUT2D eigenvalue weighted by Gasteiger charge is -2.06. The molecule has 1 atom stereocenters. The highest BCUT2D eigenvalue weighted by Crippen LogP contribution is 1.99. The molecule has 0 bridgehead atoms. The molecule has 0 aliphatic carbocycles. The third-order valence-electron chi connectivity index (χ3n) is 2.13. The van der Waals surface area contributed by atoms with Gasteiger partial charge in [0.1, 0.15) is 0 Å². The van der Waals surface area contributed by atoms with Crippen LogP contribution in [0.15, 0.2) is 0 Å². The lowest BCUT2D eigenvalue weighted by atomic mass is 10.2. The van der Waals surface area contributed by atoms with Crippen molar-refractivity contribution in [3.63, 3.8) is 0 Å². The first-order valence-electron chi connectivity index (χ1n) is 5.61. The first kappa shape index (κ1) is 13.4. The van der Waals surface area contributed by atoms with E-state index in [0.717, 1.165) is 32.1 Å². The molecule has 0 aromatic carbocycles. The summed E-state index contributed by atoms with van der Waals surface area (Å²) >= 11 is 0. The van der Waals surface area contributed by atoms with E-state index in [0.29, 0.717) is 13.0 Å². The maximum Gasteiger partial charge on any atom is 0.219 e. The number of aliphatic hydroxyl groups excluding tert-OH is 1. The summed E-state index contributed by atoms with van der Waals surface area (Å²) in [4.78, 5) is 11.2. The molecule has 0 saturated heterocycles. The lowest BCUT2D eigenvalue weighted by molar-refractivity contribution is -0.121. The van der Waals surface area contributed by atoms with Crippen molar-refractivity contribution in [3.05, 3.63) is 0 Å². The number of hydrogen-bond acceptors (Lipinski definition) is 2.